The van der Waals surface area contributed by atoms with Gasteiger partial charge in [-0.1, -0.05) is 36.4 Å². The molecule has 2 amide bonds. The molecule has 3 aromatic rings. The molecule has 1 aliphatic rings. The first-order chi connectivity index (χ1) is 16.4. The van der Waals surface area contributed by atoms with Crippen molar-refractivity contribution < 1.29 is 9.59 Å². The SMILES string of the molecule is CCN(Cc1ccccc1)C(=O)C1CCN(C(=O)c2csc(Nc3ccc(C)c(C)c3)n2)CC1. The maximum Gasteiger partial charge on any atom is 0.273 e. The van der Waals surface area contributed by atoms with E-state index in [-0.39, 0.29) is 17.7 Å². The Morgan fingerprint density at radius 2 is 1.82 bits per heavy atom. The summed E-state index contributed by atoms with van der Waals surface area (Å²) in [6, 6.07) is 16.3. The quantitative estimate of drug-likeness (QED) is 0.496. The first kappa shape index (κ1) is 24.0. The van der Waals surface area contributed by atoms with E-state index in [4.69, 9.17) is 0 Å². The second kappa shape index (κ2) is 10.8. The fourth-order valence-electron chi connectivity index (χ4n) is 4.27. The molecule has 0 aliphatic carbocycles. The van der Waals surface area contributed by atoms with Gasteiger partial charge in [-0.25, -0.2) is 4.98 Å². The summed E-state index contributed by atoms with van der Waals surface area (Å²) in [5, 5.41) is 5.81. The van der Waals surface area contributed by atoms with E-state index in [9.17, 15) is 9.59 Å². The van der Waals surface area contributed by atoms with Gasteiger partial charge in [0.25, 0.3) is 5.91 Å². The molecule has 6 nitrogen and oxygen atoms in total. The highest BCUT2D eigenvalue weighted by atomic mass is 32.1. The average molecular weight is 477 g/mol. The van der Waals surface area contributed by atoms with Crippen molar-refractivity contribution in [1.29, 1.82) is 0 Å². The van der Waals surface area contributed by atoms with Crippen LogP contribution in [-0.2, 0) is 11.3 Å². The molecule has 0 bridgehead atoms. The molecule has 1 fully saturated rings. The van der Waals surface area contributed by atoms with Crippen LogP contribution in [0.2, 0.25) is 0 Å². The molecule has 4 rings (SSSR count). The maximum absolute atomic E-state index is 13.1. The first-order valence-corrected chi connectivity index (χ1v) is 12.7. The predicted molar refractivity (Wildman–Crippen MR) is 137 cm³/mol. The van der Waals surface area contributed by atoms with Crippen molar-refractivity contribution in [2.75, 3.05) is 25.0 Å². The number of nitrogens with zero attached hydrogens (tertiary/aromatic N) is 3. The van der Waals surface area contributed by atoms with Crippen LogP contribution in [0.15, 0.2) is 53.9 Å². The second-order valence-corrected chi connectivity index (χ2v) is 9.72. The molecule has 1 aliphatic heterocycles. The summed E-state index contributed by atoms with van der Waals surface area (Å²) < 4.78 is 0. The molecule has 1 saturated heterocycles. The van der Waals surface area contributed by atoms with Gasteiger partial charge in [0, 0.05) is 43.2 Å². The monoisotopic (exact) mass is 476 g/mol. The van der Waals surface area contributed by atoms with Crippen molar-refractivity contribution in [3.8, 4) is 0 Å². The summed E-state index contributed by atoms with van der Waals surface area (Å²) in [4.78, 5) is 34.4. The van der Waals surface area contributed by atoms with Crippen LogP contribution in [-0.4, -0.2) is 46.2 Å². The molecule has 0 atom stereocenters. The third-order valence-corrected chi connectivity index (χ3v) is 7.28. The van der Waals surface area contributed by atoms with Gasteiger partial charge in [-0.2, -0.15) is 0 Å². The number of amides is 2. The molecule has 178 valence electrons. The number of carbonyl (C=O) groups is 2. The van der Waals surface area contributed by atoms with E-state index in [1.54, 1.807) is 0 Å². The predicted octanol–water partition coefficient (Wildman–Crippen LogP) is 5.40. The van der Waals surface area contributed by atoms with Gasteiger partial charge in [-0.05, 0) is 62.4 Å². The number of rotatable bonds is 7. The van der Waals surface area contributed by atoms with Crippen LogP contribution in [0.3, 0.4) is 0 Å². The Bertz CT molecular complexity index is 1140. The fraction of sp³-hybridized carbons (Fsp3) is 0.370. The summed E-state index contributed by atoms with van der Waals surface area (Å²) in [6.45, 7) is 8.65. The van der Waals surface area contributed by atoms with Gasteiger partial charge in [0.2, 0.25) is 5.91 Å². The topological polar surface area (TPSA) is 65.5 Å². The van der Waals surface area contributed by atoms with E-state index in [1.165, 1.54) is 22.5 Å². The lowest BCUT2D eigenvalue weighted by atomic mass is 9.94. The Kier molecular flexibility index (Phi) is 7.63. The first-order valence-electron chi connectivity index (χ1n) is 11.9. The average Bonchev–Trinajstić information content (AvgIpc) is 3.33. The van der Waals surface area contributed by atoms with Gasteiger partial charge in [0.15, 0.2) is 5.13 Å². The summed E-state index contributed by atoms with van der Waals surface area (Å²) in [7, 11) is 0. The Hall–Kier alpha value is -3.19. The largest absolute Gasteiger partial charge is 0.338 e. The molecule has 2 heterocycles. The summed E-state index contributed by atoms with van der Waals surface area (Å²) in [6.07, 6.45) is 1.38. The molecule has 34 heavy (non-hydrogen) atoms. The third kappa shape index (κ3) is 5.65. The lowest BCUT2D eigenvalue weighted by Gasteiger charge is -2.33. The van der Waals surface area contributed by atoms with Crippen molar-refractivity contribution in [3.63, 3.8) is 0 Å². The Balaban J connectivity index is 1.32. The van der Waals surface area contributed by atoms with Gasteiger partial charge >= 0.3 is 0 Å². The molecule has 0 unspecified atom stereocenters. The van der Waals surface area contributed by atoms with E-state index in [0.717, 1.165) is 11.3 Å². The van der Waals surface area contributed by atoms with E-state index in [0.29, 0.717) is 49.8 Å². The minimum atomic E-state index is -0.0630. The Labute approximate surface area is 205 Å². The zero-order valence-corrected chi connectivity index (χ0v) is 20.9. The Morgan fingerprint density at radius 1 is 1.09 bits per heavy atom. The highest BCUT2D eigenvalue weighted by Gasteiger charge is 2.31. The number of hydrogen-bond acceptors (Lipinski definition) is 5. The van der Waals surface area contributed by atoms with Crippen molar-refractivity contribution in [3.05, 3.63) is 76.3 Å². The van der Waals surface area contributed by atoms with Crippen LogP contribution in [0.1, 0.15) is 46.9 Å². The number of aromatic nitrogens is 1. The second-order valence-electron chi connectivity index (χ2n) is 8.87. The molecule has 2 aromatic carbocycles. The van der Waals surface area contributed by atoms with Gasteiger partial charge in [-0.15, -0.1) is 11.3 Å². The molecular weight excluding hydrogens is 444 g/mol. The third-order valence-electron chi connectivity index (χ3n) is 6.52. The number of piperidine rings is 1. The number of likely N-dealkylation sites (tertiary alicyclic amines) is 1. The zero-order chi connectivity index (χ0) is 24.1. The number of aryl methyl sites for hydroxylation is 2. The minimum Gasteiger partial charge on any atom is -0.338 e. The normalized spacial score (nSPS) is 14.1. The van der Waals surface area contributed by atoms with Gasteiger partial charge in [0.05, 0.1) is 0 Å². The number of hydrogen-bond donors (Lipinski definition) is 1. The Morgan fingerprint density at radius 3 is 2.50 bits per heavy atom. The minimum absolute atomic E-state index is 0.0369. The maximum atomic E-state index is 13.1. The van der Waals surface area contributed by atoms with Gasteiger partial charge in [-0.3, -0.25) is 9.59 Å². The molecule has 1 aromatic heterocycles. The number of thiazole rings is 1. The van der Waals surface area contributed by atoms with Crippen molar-refractivity contribution in [2.24, 2.45) is 5.92 Å². The number of anilines is 2. The molecule has 1 N–H and O–H groups in total. The standard InChI is InChI=1S/C27H32N4O2S/c1-4-30(17-21-8-6-5-7-9-21)25(32)22-12-14-31(15-13-22)26(33)24-18-34-27(29-24)28-23-11-10-19(2)20(3)16-23/h5-11,16,18,22H,4,12-15,17H2,1-3H3,(H,28,29). The summed E-state index contributed by atoms with van der Waals surface area (Å²) in [5.41, 5.74) is 5.01. The number of benzene rings is 2. The van der Waals surface area contributed by atoms with Crippen molar-refractivity contribution in [2.45, 2.75) is 40.2 Å². The molecule has 0 saturated carbocycles. The number of carbonyl (C=O) groups excluding carboxylic acids is 2. The van der Waals surface area contributed by atoms with E-state index in [2.05, 4.69) is 36.3 Å². The van der Waals surface area contributed by atoms with Gasteiger partial charge < -0.3 is 15.1 Å². The van der Waals surface area contributed by atoms with Crippen LogP contribution in [0, 0.1) is 19.8 Å². The van der Waals surface area contributed by atoms with Crippen LogP contribution >= 0.6 is 11.3 Å². The van der Waals surface area contributed by atoms with Crippen LogP contribution in [0.25, 0.3) is 0 Å². The van der Waals surface area contributed by atoms with Gasteiger partial charge in [0.1, 0.15) is 5.69 Å². The number of nitrogens with one attached hydrogen (secondary N) is 1. The lowest BCUT2D eigenvalue weighted by Crippen LogP contribution is -2.44. The van der Waals surface area contributed by atoms with Crippen LogP contribution in [0.4, 0.5) is 10.8 Å². The lowest BCUT2D eigenvalue weighted by molar-refractivity contribution is -0.137. The summed E-state index contributed by atoms with van der Waals surface area (Å²) >= 11 is 1.43. The van der Waals surface area contributed by atoms with Crippen molar-refractivity contribution in [1.82, 2.24) is 14.8 Å². The molecular formula is C27H32N4O2S. The van der Waals surface area contributed by atoms with E-state index < -0.39 is 0 Å². The highest BCUT2D eigenvalue weighted by Crippen LogP contribution is 2.26. The van der Waals surface area contributed by atoms with Crippen molar-refractivity contribution >= 4 is 34.0 Å². The van der Waals surface area contributed by atoms with E-state index >= 15 is 0 Å². The molecule has 0 radical (unpaired) electrons. The molecule has 0 spiro atoms. The summed E-state index contributed by atoms with van der Waals surface area (Å²) in [5.74, 6) is 0.0871. The molecule has 7 heteroatoms. The smallest absolute Gasteiger partial charge is 0.273 e. The van der Waals surface area contributed by atoms with E-state index in [1.807, 2.05) is 58.5 Å². The van der Waals surface area contributed by atoms with Crippen LogP contribution in [0.5, 0.6) is 0 Å². The van der Waals surface area contributed by atoms with Crippen LogP contribution < -0.4 is 5.32 Å². The fourth-order valence-corrected chi connectivity index (χ4v) is 4.98. The highest BCUT2D eigenvalue weighted by molar-refractivity contribution is 7.14. The zero-order valence-electron chi connectivity index (χ0n) is 20.1.